The zero-order valence-corrected chi connectivity index (χ0v) is 12.6. The van der Waals surface area contributed by atoms with Crippen LogP contribution >= 0.6 is 0 Å². The van der Waals surface area contributed by atoms with Crippen LogP contribution in [0.3, 0.4) is 0 Å². The highest BCUT2D eigenvalue weighted by molar-refractivity contribution is 5.31. The standard InChI is InChI=1S/C16H22N4O2/c17-16(7-1-2-8-18-16)22-14-11-20(13-3-4-13)19-15(14)12-5-9-21-10-6-12/h1-2,7-8,11-13,18H,3-6,9-10,17H2. The Kier molecular flexibility index (Phi) is 3.43. The summed E-state index contributed by atoms with van der Waals surface area (Å²) in [6, 6.07) is 0.527. The minimum Gasteiger partial charge on any atom is -0.448 e. The van der Waals surface area contributed by atoms with Gasteiger partial charge < -0.3 is 14.8 Å². The Hall–Kier alpha value is -1.79. The van der Waals surface area contributed by atoms with Crippen LogP contribution < -0.4 is 15.8 Å². The molecule has 1 saturated carbocycles. The van der Waals surface area contributed by atoms with Crippen molar-refractivity contribution in [3.8, 4) is 5.75 Å². The number of hydrogen-bond acceptors (Lipinski definition) is 5. The fourth-order valence-electron chi connectivity index (χ4n) is 2.97. The van der Waals surface area contributed by atoms with Crippen LogP contribution in [-0.2, 0) is 4.74 Å². The average Bonchev–Trinajstić information content (AvgIpc) is 3.30. The first-order valence-corrected chi connectivity index (χ1v) is 8.00. The highest BCUT2D eigenvalue weighted by atomic mass is 16.5. The van der Waals surface area contributed by atoms with E-state index < -0.39 is 5.85 Å². The molecule has 3 heterocycles. The van der Waals surface area contributed by atoms with Gasteiger partial charge in [0.1, 0.15) is 5.69 Å². The van der Waals surface area contributed by atoms with Crippen LogP contribution in [0.1, 0.15) is 43.3 Å². The predicted molar refractivity (Wildman–Crippen MR) is 82.3 cm³/mol. The van der Waals surface area contributed by atoms with Crippen LogP contribution in [-0.4, -0.2) is 28.8 Å². The molecular formula is C16H22N4O2. The minimum atomic E-state index is -1.01. The molecule has 1 aromatic rings. The van der Waals surface area contributed by atoms with Crippen molar-refractivity contribution in [2.75, 3.05) is 13.2 Å². The van der Waals surface area contributed by atoms with Gasteiger partial charge in [0.05, 0.1) is 12.2 Å². The molecular weight excluding hydrogens is 280 g/mol. The second kappa shape index (κ2) is 5.44. The van der Waals surface area contributed by atoms with Crippen molar-refractivity contribution in [2.24, 2.45) is 5.73 Å². The molecule has 6 heteroatoms. The van der Waals surface area contributed by atoms with Crippen molar-refractivity contribution in [2.45, 2.75) is 43.5 Å². The van der Waals surface area contributed by atoms with Crippen LogP contribution in [0.25, 0.3) is 0 Å². The fourth-order valence-corrected chi connectivity index (χ4v) is 2.97. The van der Waals surface area contributed by atoms with Gasteiger partial charge in [-0.2, -0.15) is 5.10 Å². The second-order valence-corrected chi connectivity index (χ2v) is 6.23. The summed E-state index contributed by atoms with van der Waals surface area (Å²) < 4.78 is 13.6. The Morgan fingerprint density at radius 3 is 2.77 bits per heavy atom. The third-order valence-corrected chi connectivity index (χ3v) is 4.39. The number of nitrogens with zero attached hydrogens (tertiary/aromatic N) is 2. The zero-order chi connectivity index (χ0) is 15.0. The first-order valence-electron chi connectivity index (χ1n) is 8.00. The highest BCUT2D eigenvalue weighted by Gasteiger charge is 2.32. The molecule has 0 bridgehead atoms. The lowest BCUT2D eigenvalue weighted by Crippen LogP contribution is -2.55. The van der Waals surface area contributed by atoms with Gasteiger partial charge in [0.2, 0.25) is 0 Å². The molecule has 0 spiro atoms. The molecule has 118 valence electrons. The number of dihydropyridines is 1. The van der Waals surface area contributed by atoms with Crippen LogP contribution in [0, 0.1) is 0 Å². The zero-order valence-electron chi connectivity index (χ0n) is 12.6. The van der Waals surface area contributed by atoms with Crippen LogP contribution in [0.5, 0.6) is 5.75 Å². The van der Waals surface area contributed by atoms with Gasteiger partial charge in [0.25, 0.3) is 5.85 Å². The highest BCUT2D eigenvalue weighted by Crippen LogP contribution is 2.39. The number of nitrogens with two attached hydrogens (primary N) is 1. The maximum Gasteiger partial charge on any atom is 0.256 e. The monoisotopic (exact) mass is 302 g/mol. The summed E-state index contributed by atoms with van der Waals surface area (Å²) in [7, 11) is 0. The van der Waals surface area contributed by atoms with E-state index in [4.69, 9.17) is 20.3 Å². The molecule has 1 aromatic heterocycles. The summed E-state index contributed by atoms with van der Waals surface area (Å²) in [5, 5.41) is 7.86. The third kappa shape index (κ3) is 2.76. The summed E-state index contributed by atoms with van der Waals surface area (Å²) in [6.45, 7) is 1.57. The van der Waals surface area contributed by atoms with Crippen molar-refractivity contribution in [3.63, 3.8) is 0 Å². The molecule has 0 aromatic carbocycles. The van der Waals surface area contributed by atoms with E-state index in [2.05, 4.69) is 5.32 Å². The molecule has 1 saturated heterocycles. The minimum absolute atomic E-state index is 0.385. The van der Waals surface area contributed by atoms with E-state index in [1.54, 1.807) is 6.20 Å². The van der Waals surface area contributed by atoms with E-state index in [0.29, 0.717) is 12.0 Å². The lowest BCUT2D eigenvalue weighted by Gasteiger charge is -2.29. The predicted octanol–water partition coefficient (Wildman–Crippen LogP) is 1.78. The van der Waals surface area contributed by atoms with E-state index in [-0.39, 0.29) is 0 Å². The van der Waals surface area contributed by atoms with Crippen molar-refractivity contribution in [1.29, 1.82) is 0 Å². The van der Waals surface area contributed by atoms with E-state index in [1.165, 1.54) is 12.8 Å². The number of aromatic nitrogens is 2. The third-order valence-electron chi connectivity index (χ3n) is 4.39. The number of nitrogens with one attached hydrogen (secondary N) is 1. The first-order chi connectivity index (χ1) is 10.7. The number of hydrogen-bond donors (Lipinski definition) is 2. The summed E-state index contributed by atoms with van der Waals surface area (Å²) in [5.41, 5.74) is 7.28. The Labute approximate surface area is 130 Å². The van der Waals surface area contributed by atoms with Gasteiger partial charge in [-0.05, 0) is 37.8 Å². The smallest absolute Gasteiger partial charge is 0.256 e. The molecule has 6 nitrogen and oxygen atoms in total. The Balaban J connectivity index is 1.61. The lowest BCUT2D eigenvalue weighted by molar-refractivity contribution is 0.0786. The van der Waals surface area contributed by atoms with E-state index in [1.807, 2.05) is 29.1 Å². The maximum absolute atomic E-state index is 6.26. The summed E-state index contributed by atoms with van der Waals surface area (Å²) in [5.74, 6) is 0.163. The lowest BCUT2D eigenvalue weighted by atomic mass is 9.96. The Bertz CT molecular complexity index is 599. The fraction of sp³-hybridized carbons (Fsp3) is 0.562. The van der Waals surface area contributed by atoms with Crippen molar-refractivity contribution >= 4 is 0 Å². The first kappa shape index (κ1) is 13.8. The second-order valence-electron chi connectivity index (χ2n) is 6.23. The number of allylic oxidation sites excluding steroid dienone is 2. The maximum atomic E-state index is 6.26. The summed E-state index contributed by atoms with van der Waals surface area (Å²) in [4.78, 5) is 0. The molecule has 0 amide bonds. The van der Waals surface area contributed by atoms with Crippen LogP contribution in [0.2, 0.25) is 0 Å². The molecule has 1 unspecified atom stereocenters. The molecule has 3 N–H and O–H groups in total. The average molecular weight is 302 g/mol. The van der Waals surface area contributed by atoms with Crippen molar-refractivity contribution in [3.05, 3.63) is 36.3 Å². The van der Waals surface area contributed by atoms with Crippen LogP contribution in [0.15, 0.2) is 30.6 Å². The number of rotatable bonds is 4. The Morgan fingerprint density at radius 1 is 1.27 bits per heavy atom. The van der Waals surface area contributed by atoms with Gasteiger partial charge in [-0.1, -0.05) is 6.08 Å². The molecule has 1 aliphatic carbocycles. The van der Waals surface area contributed by atoms with Crippen molar-refractivity contribution in [1.82, 2.24) is 15.1 Å². The molecule has 2 aliphatic heterocycles. The van der Waals surface area contributed by atoms with Gasteiger partial charge in [0.15, 0.2) is 5.75 Å². The largest absolute Gasteiger partial charge is 0.448 e. The SMILES string of the molecule is NC1(Oc2cn(C3CC3)nc2C2CCOCC2)C=CC=CN1. The molecule has 0 radical (unpaired) electrons. The van der Waals surface area contributed by atoms with Gasteiger partial charge >= 0.3 is 0 Å². The van der Waals surface area contributed by atoms with E-state index >= 15 is 0 Å². The van der Waals surface area contributed by atoms with E-state index in [9.17, 15) is 0 Å². The van der Waals surface area contributed by atoms with Gasteiger partial charge in [-0.3, -0.25) is 10.4 Å². The number of ether oxygens (including phenoxy) is 2. The molecule has 1 atom stereocenters. The molecule has 22 heavy (non-hydrogen) atoms. The topological polar surface area (TPSA) is 74.3 Å². The molecule has 3 aliphatic rings. The van der Waals surface area contributed by atoms with Crippen molar-refractivity contribution < 1.29 is 9.47 Å². The van der Waals surface area contributed by atoms with Gasteiger partial charge in [0, 0.05) is 25.3 Å². The Morgan fingerprint density at radius 2 is 2.09 bits per heavy atom. The summed E-state index contributed by atoms with van der Waals surface area (Å²) in [6.07, 6.45) is 13.8. The van der Waals surface area contributed by atoms with Crippen LogP contribution in [0.4, 0.5) is 0 Å². The van der Waals surface area contributed by atoms with Gasteiger partial charge in [-0.15, -0.1) is 0 Å². The quantitative estimate of drug-likeness (QED) is 0.829. The molecule has 4 rings (SSSR count). The molecule has 2 fully saturated rings. The summed E-state index contributed by atoms with van der Waals surface area (Å²) >= 11 is 0. The van der Waals surface area contributed by atoms with E-state index in [0.717, 1.165) is 37.5 Å². The van der Waals surface area contributed by atoms with Gasteiger partial charge in [-0.25, -0.2) is 0 Å². The normalized spacial score (nSPS) is 28.6.